The number of hydrogen-bond donors (Lipinski definition) is 2. The zero-order valence-corrected chi connectivity index (χ0v) is 19.3. The van der Waals surface area contributed by atoms with Gasteiger partial charge >= 0.3 is 6.18 Å². The first-order valence-corrected chi connectivity index (χ1v) is 9.04. The Morgan fingerprint density at radius 2 is 2.00 bits per heavy atom. The van der Waals surface area contributed by atoms with E-state index in [0.29, 0.717) is 24.6 Å². The lowest BCUT2D eigenvalue weighted by Crippen LogP contribution is -2.41. The highest BCUT2D eigenvalue weighted by atomic mass is 127. The summed E-state index contributed by atoms with van der Waals surface area (Å²) in [7, 11) is 5.82. The molecular weight excluding hydrogens is 496 g/mol. The van der Waals surface area contributed by atoms with E-state index in [1.165, 1.54) is 6.07 Å². The molecule has 0 bridgehead atoms. The highest BCUT2D eigenvalue weighted by Crippen LogP contribution is 2.29. The third-order valence-corrected chi connectivity index (χ3v) is 4.21. The molecule has 0 aliphatic carbocycles. The number of hydrogen-bond acceptors (Lipinski definition) is 3. The van der Waals surface area contributed by atoms with Crippen molar-refractivity contribution in [1.82, 2.24) is 25.3 Å². The monoisotopic (exact) mass is 524 g/mol. The largest absolute Gasteiger partial charge is 0.416 e. The fraction of sp³-hybridized carbons (Fsp3) is 0.474. The smallest absolute Gasteiger partial charge is 0.357 e. The molecular formula is C19H28F3IN6. The Morgan fingerprint density at radius 3 is 2.55 bits per heavy atom. The minimum Gasteiger partial charge on any atom is -0.357 e. The Kier molecular flexibility index (Phi) is 9.90. The minimum atomic E-state index is -4.36. The van der Waals surface area contributed by atoms with Crippen LogP contribution in [0.15, 0.2) is 41.7 Å². The van der Waals surface area contributed by atoms with E-state index in [9.17, 15) is 13.2 Å². The van der Waals surface area contributed by atoms with E-state index in [1.807, 2.05) is 40.5 Å². The lowest BCUT2D eigenvalue weighted by Gasteiger charge is -2.24. The number of guanidine groups is 1. The van der Waals surface area contributed by atoms with Crippen molar-refractivity contribution in [3.05, 3.63) is 53.3 Å². The van der Waals surface area contributed by atoms with Crippen LogP contribution in [0.5, 0.6) is 0 Å². The van der Waals surface area contributed by atoms with Gasteiger partial charge < -0.3 is 15.5 Å². The van der Waals surface area contributed by atoms with E-state index >= 15 is 0 Å². The fourth-order valence-electron chi connectivity index (χ4n) is 2.76. The van der Waals surface area contributed by atoms with Gasteiger partial charge in [-0.2, -0.15) is 18.3 Å². The van der Waals surface area contributed by atoms with Crippen molar-refractivity contribution in [2.75, 3.05) is 27.2 Å². The number of benzene rings is 1. The predicted molar refractivity (Wildman–Crippen MR) is 119 cm³/mol. The van der Waals surface area contributed by atoms with Crippen LogP contribution in [0.2, 0.25) is 0 Å². The topological polar surface area (TPSA) is 57.5 Å². The standard InChI is InChI=1S/C19H27F3N6.HI/c1-5-23-18(24-10-14-7-6-8-16(9-14)19(20,21)22)25-12-17(27(2)3)15-11-26-28(4)13-15;/h6-9,11,13,17H,5,10,12H2,1-4H3,(H2,23,24,25);1H. The summed E-state index contributed by atoms with van der Waals surface area (Å²) in [4.78, 5) is 6.49. The van der Waals surface area contributed by atoms with Gasteiger partial charge in [0.25, 0.3) is 0 Å². The van der Waals surface area contributed by atoms with Gasteiger partial charge in [-0.25, -0.2) is 4.99 Å². The van der Waals surface area contributed by atoms with Crippen molar-refractivity contribution in [2.24, 2.45) is 12.0 Å². The molecule has 0 saturated heterocycles. The van der Waals surface area contributed by atoms with Gasteiger partial charge in [0.2, 0.25) is 0 Å². The molecule has 0 aliphatic rings. The van der Waals surface area contributed by atoms with Crippen LogP contribution >= 0.6 is 24.0 Å². The number of rotatable bonds is 7. The van der Waals surface area contributed by atoms with E-state index in [-0.39, 0.29) is 36.6 Å². The molecule has 10 heteroatoms. The number of aliphatic imine (C=N–C) groups is 1. The van der Waals surface area contributed by atoms with Crippen LogP contribution in [0.1, 0.15) is 29.7 Å². The molecule has 0 saturated carbocycles. The van der Waals surface area contributed by atoms with E-state index in [1.54, 1.807) is 10.7 Å². The quantitative estimate of drug-likeness (QED) is 0.331. The van der Waals surface area contributed by atoms with Crippen LogP contribution in [-0.4, -0.2) is 47.8 Å². The molecule has 2 rings (SSSR count). The van der Waals surface area contributed by atoms with Crippen LogP contribution in [0.4, 0.5) is 13.2 Å². The van der Waals surface area contributed by atoms with Crippen LogP contribution in [0.3, 0.4) is 0 Å². The van der Waals surface area contributed by atoms with E-state index in [2.05, 4.69) is 25.6 Å². The van der Waals surface area contributed by atoms with Crippen molar-refractivity contribution in [3.8, 4) is 0 Å². The second-order valence-corrected chi connectivity index (χ2v) is 6.70. The zero-order valence-electron chi connectivity index (χ0n) is 17.0. The van der Waals surface area contributed by atoms with E-state index in [4.69, 9.17) is 0 Å². The van der Waals surface area contributed by atoms with Gasteiger partial charge in [-0.15, -0.1) is 24.0 Å². The molecule has 162 valence electrons. The van der Waals surface area contributed by atoms with Crippen LogP contribution in [0.25, 0.3) is 0 Å². The number of nitrogens with one attached hydrogen (secondary N) is 2. The van der Waals surface area contributed by atoms with Crippen LogP contribution in [-0.2, 0) is 19.8 Å². The molecule has 0 radical (unpaired) electrons. The van der Waals surface area contributed by atoms with Crippen molar-refractivity contribution in [2.45, 2.75) is 25.7 Å². The fourth-order valence-corrected chi connectivity index (χ4v) is 2.76. The van der Waals surface area contributed by atoms with Gasteiger partial charge in [0.15, 0.2) is 5.96 Å². The predicted octanol–water partition coefficient (Wildman–Crippen LogP) is 3.41. The van der Waals surface area contributed by atoms with Crippen molar-refractivity contribution >= 4 is 29.9 Å². The molecule has 29 heavy (non-hydrogen) atoms. The number of aryl methyl sites for hydroxylation is 1. The van der Waals surface area contributed by atoms with Gasteiger partial charge in [-0.05, 0) is 38.7 Å². The zero-order chi connectivity index (χ0) is 20.7. The van der Waals surface area contributed by atoms with E-state index in [0.717, 1.165) is 17.7 Å². The Bertz CT molecular complexity index is 788. The van der Waals surface area contributed by atoms with Gasteiger partial charge in [-0.3, -0.25) is 4.68 Å². The molecule has 0 fully saturated rings. The Hall–Kier alpha value is -1.82. The van der Waals surface area contributed by atoms with Crippen LogP contribution < -0.4 is 10.6 Å². The number of halogens is 4. The summed E-state index contributed by atoms with van der Waals surface area (Å²) in [5.41, 5.74) is 0.902. The Morgan fingerprint density at radius 1 is 1.28 bits per heavy atom. The summed E-state index contributed by atoms with van der Waals surface area (Å²) in [6.45, 7) is 3.31. The second-order valence-electron chi connectivity index (χ2n) is 6.70. The summed E-state index contributed by atoms with van der Waals surface area (Å²) in [6.07, 6.45) is -0.580. The number of likely N-dealkylation sites (N-methyl/N-ethyl adjacent to an activating group) is 1. The molecule has 1 aromatic heterocycles. The molecule has 1 atom stereocenters. The Balaban J connectivity index is 0.00000420. The van der Waals surface area contributed by atoms with Crippen molar-refractivity contribution in [1.29, 1.82) is 0 Å². The maximum Gasteiger partial charge on any atom is 0.416 e. The minimum absolute atomic E-state index is 0. The first kappa shape index (κ1) is 25.2. The van der Waals surface area contributed by atoms with Gasteiger partial charge in [0.1, 0.15) is 0 Å². The summed E-state index contributed by atoms with van der Waals surface area (Å²) < 4.78 is 40.3. The highest BCUT2D eigenvalue weighted by molar-refractivity contribution is 14.0. The first-order chi connectivity index (χ1) is 13.2. The SMILES string of the molecule is CCNC(=NCc1cccc(C(F)(F)F)c1)NCC(c1cnn(C)c1)N(C)C.I. The Labute approximate surface area is 186 Å². The summed E-state index contributed by atoms with van der Waals surface area (Å²) in [5.74, 6) is 0.552. The summed E-state index contributed by atoms with van der Waals surface area (Å²) >= 11 is 0. The lowest BCUT2D eigenvalue weighted by molar-refractivity contribution is -0.137. The normalized spacial score (nSPS) is 13.2. The molecule has 6 nitrogen and oxygen atoms in total. The second kappa shape index (κ2) is 11.4. The van der Waals surface area contributed by atoms with Gasteiger partial charge in [-0.1, -0.05) is 12.1 Å². The lowest BCUT2D eigenvalue weighted by atomic mass is 10.1. The molecule has 1 aromatic carbocycles. The molecule has 1 unspecified atom stereocenters. The molecule has 2 N–H and O–H groups in total. The number of alkyl halides is 3. The van der Waals surface area contributed by atoms with Crippen LogP contribution in [0, 0.1) is 0 Å². The third kappa shape index (κ3) is 7.84. The summed E-state index contributed by atoms with van der Waals surface area (Å²) in [5, 5.41) is 10.6. The molecule has 2 aromatic rings. The third-order valence-electron chi connectivity index (χ3n) is 4.21. The van der Waals surface area contributed by atoms with E-state index < -0.39 is 11.7 Å². The van der Waals surface area contributed by atoms with Gasteiger partial charge in [0.05, 0.1) is 24.3 Å². The molecule has 0 amide bonds. The summed E-state index contributed by atoms with van der Waals surface area (Å²) in [6, 6.07) is 5.31. The molecule has 1 heterocycles. The average Bonchev–Trinajstić information content (AvgIpc) is 3.05. The number of nitrogens with zero attached hydrogens (tertiary/aromatic N) is 4. The molecule has 0 spiro atoms. The van der Waals surface area contributed by atoms with Crippen molar-refractivity contribution in [3.63, 3.8) is 0 Å². The maximum absolute atomic E-state index is 12.9. The van der Waals surface area contributed by atoms with Crippen molar-refractivity contribution < 1.29 is 13.2 Å². The molecule has 0 aliphatic heterocycles. The maximum atomic E-state index is 12.9. The highest BCUT2D eigenvalue weighted by Gasteiger charge is 2.30. The average molecular weight is 524 g/mol. The van der Waals surface area contributed by atoms with Gasteiger partial charge in [0, 0.05) is 31.9 Å². The first-order valence-electron chi connectivity index (χ1n) is 9.04. The number of aromatic nitrogens is 2.